The topological polar surface area (TPSA) is 0 Å². The second-order valence-electron chi connectivity index (χ2n) is 2.85. The Bertz CT molecular complexity index is 159. The van der Waals surface area contributed by atoms with Crippen LogP contribution in [0.25, 0.3) is 0 Å². The van der Waals surface area contributed by atoms with Crippen LogP contribution in [0.4, 0.5) is 0 Å². The number of allylic oxidation sites excluding steroid dienone is 4. The summed E-state index contributed by atoms with van der Waals surface area (Å²) in [5.41, 5.74) is 2.34. The van der Waals surface area contributed by atoms with E-state index < -0.39 is 0 Å². The van der Waals surface area contributed by atoms with Crippen LogP contribution in [0.1, 0.15) is 20.8 Å². The average Bonchev–Trinajstić information content (AvgIpc) is 1.81. The van der Waals surface area contributed by atoms with Crippen molar-refractivity contribution >= 4 is 0 Å². The second-order valence-corrected chi connectivity index (χ2v) is 2.85. The Labute approximate surface area is 64.0 Å². The molecule has 0 spiro atoms. The number of rotatable bonds is 3. The van der Waals surface area contributed by atoms with Crippen LogP contribution >= 0.6 is 0 Å². The molecule has 0 rings (SSSR count). The number of hydrogen-bond acceptors (Lipinski definition) is 0. The summed E-state index contributed by atoms with van der Waals surface area (Å²) < 4.78 is 0. The SMILES string of the molecule is C=C/C(=C\C(=C)C)C(C)C. The van der Waals surface area contributed by atoms with E-state index in [0.29, 0.717) is 5.92 Å². The molecule has 0 atom stereocenters. The van der Waals surface area contributed by atoms with Crippen LogP contribution in [-0.4, -0.2) is 0 Å². The van der Waals surface area contributed by atoms with Gasteiger partial charge in [-0.3, -0.25) is 0 Å². The largest absolute Gasteiger partial charge is 0.0988 e. The summed E-state index contributed by atoms with van der Waals surface area (Å²) in [7, 11) is 0. The molecule has 0 saturated carbocycles. The fourth-order valence-corrected chi connectivity index (χ4v) is 0.746. The molecule has 0 fully saturated rings. The van der Waals surface area contributed by atoms with E-state index in [4.69, 9.17) is 0 Å². The minimum absolute atomic E-state index is 0.550. The molecule has 0 amide bonds. The Kier molecular flexibility index (Phi) is 3.78. The molecule has 0 aromatic carbocycles. The summed E-state index contributed by atoms with van der Waals surface area (Å²) in [5, 5.41) is 0. The molecule has 0 heterocycles. The maximum absolute atomic E-state index is 3.80. The lowest BCUT2D eigenvalue weighted by Gasteiger charge is -2.04. The standard InChI is InChI=1S/C10H16/c1-6-10(9(4)5)7-8(2)3/h6-7,9H,1-2H2,3-5H3/b10-7+. The van der Waals surface area contributed by atoms with E-state index in [9.17, 15) is 0 Å². The molecule has 0 aliphatic heterocycles. The zero-order valence-electron chi connectivity index (χ0n) is 7.15. The number of hydrogen-bond donors (Lipinski definition) is 0. The lowest BCUT2D eigenvalue weighted by atomic mass is 10.0. The lowest BCUT2D eigenvalue weighted by Crippen LogP contribution is -1.89. The fraction of sp³-hybridized carbons (Fsp3) is 0.400. The van der Waals surface area contributed by atoms with Crippen LogP contribution in [-0.2, 0) is 0 Å². The summed E-state index contributed by atoms with van der Waals surface area (Å²) >= 11 is 0. The molecule has 0 aliphatic carbocycles. The van der Waals surface area contributed by atoms with Crippen molar-refractivity contribution in [1.82, 2.24) is 0 Å². The van der Waals surface area contributed by atoms with Gasteiger partial charge in [-0.1, -0.05) is 44.7 Å². The van der Waals surface area contributed by atoms with Crippen LogP contribution in [0, 0.1) is 5.92 Å². The molecule has 0 aliphatic rings. The van der Waals surface area contributed by atoms with Gasteiger partial charge in [0.15, 0.2) is 0 Å². The van der Waals surface area contributed by atoms with Gasteiger partial charge in [-0.15, -0.1) is 0 Å². The molecule has 0 aromatic heterocycles. The molecule has 0 aromatic rings. The minimum atomic E-state index is 0.550. The van der Waals surface area contributed by atoms with Crippen molar-refractivity contribution in [1.29, 1.82) is 0 Å². The maximum Gasteiger partial charge on any atom is -0.0219 e. The third-order valence-electron chi connectivity index (χ3n) is 1.32. The van der Waals surface area contributed by atoms with Crippen molar-refractivity contribution < 1.29 is 0 Å². The summed E-state index contributed by atoms with van der Waals surface area (Å²) in [5.74, 6) is 0.550. The highest BCUT2D eigenvalue weighted by atomic mass is 14.0. The summed E-state index contributed by atoms with van der Waals surface area (Å²) in [6, 6.07) is 0. The van der Waals surface area contributed by atoms with Gasteiger partial charge in [0.25, 0.3) is 0 Å². The molecule has 10 heavy (non-hydrogen) atoms. The third kappa shape index (κ3) is 3.29. The van der Waals surface area contributed by atoms with Gasteiger partial charge in [0.2, 0.25) is 0 Å². The maximum atomic E-state index is 3.80. The smallest absolute Gasteiger partial charge is 0.0219 e. The van der Waals surface area contributed by atoms with Crippen molar-refractivity contribution in [3.63, 3.8) is 0 Å². The van der Waals surface area contributed by atoms with E-state index in [-0.39, 0.29) is 0 Å². The first kappa shape index (κ1) is 9.22. The van der Waals surface area contributed by atoms with Crippen LogP contribution in [0.15, 0.2) is 36.5 Å². The van der Waals surface area contributed by atoms with E-state index in [1.807, 2.05) is 13.0 Å². The molecule has 0 unspecified atom stereocenters. The van der Waals surface area contributed by atoms with E-state index in [1.54, 1.807) is 0 Å². The zero-order valence-corrected chi connectivity index (χ0v) is 7.15. The van der Waals surface area contributed by atoms with Gasteiger partial charge >= 0.3 is 0 Å². The van der Waals surface area contributed by atoms with Crippen molar-refractivity contribution in [3.05, 3.63) is 36.5 Å². The highest BCUT2D eigenvalue weighted by molar-refractivity contribution is 5.27. The summed E-state index contributed by atoms with van der Waals surface area (Å²) in [6.07, 6.45) is 3.96. The molecule has 0 bridgehead atoms. The quantitative estimate of drug-likeness (QED) is 0.522. The van der Waals surface area contributed by atoms with Gasteiger partial charge in [0.1, 0.15) is 0 Å². The predicted octanol–water partition coefficient (Wildman–Crippen LogP) is 3.33. The van der Waals surface area contributed by atoms with Gasteiger partial charge in [-0.2, -0.15) is 0 Å². The highest BCUT2D eigenvalue weighted by Gasteiger charge is 1.96. The molecular weight excluding hydrogens is 120 g/mol. The van der Waals surface area contributed by atoms with Gasteiger partial charge in [-0.25, -0.2) is 0 Å². The minimum Gasteiger partial charge on any atom is -0.0988 e. The highest BCUT2D eigenvalue weighted by Crippen LogP contribution is 2.11. The van der Waals surface area contributed by atoms with Gasteiger partial charge in [-0.05, 0) is 18.4 Å². The normalized spacial score (nSPS) is 11.8. The van der Waals surface area contributed by atoms with E-state index >= 15 is 0 Å². The molecule has 0 saturated heterocycles. The average molecular weight is 136 g/mol. The Morgan fingerprint density at radius 3 is 2.00 bits per heavy atom. The van der Waals surface area contributed by atoms with Crippen LogP contribution < -0.4 is 0 Å². The Morgan fingerprint density at radius 2 is 1.90 bits per heavy atom. The van der Waals surface area contributed by atoms with Crippen LogP contribution in [0.5, 0.6) is 0 Å². The van der Waals surface area contributed by atoms with Gasteiger partial charge in [0, 0.05) is 0 Å². The van der Waals surface area contributed by atoms with Crippen molar-refractivity contribution in [2.45, 2.75) is 20.8 Å². The first-order chi connectivity index (χ1) is 4.57. The zero-order chi connectivity index (χ0) is 8.15. The van der Waals surface area contributed by atoms with Crippen molar-refractivity contribution in [2.75, 3.05) is 0 Å². The summed E-state index contributed by atoms with van der Waals surface area (Å²) in [4.78, 5) is 0. The Morgan fingerprint density at radius 1 is 1.40 bits per heavy atom. The van der Waals surface area contributed by atoms with E-state index in [2.05, 4.69) is 33.1 Å². The first-order valence-corrected chi connectivity index (χ1v) is 3.57. The predicted molar refractivity (Wildman–Crippen MR) is 47.9 cm³/mol. The lowest BCUT2D eigenvalue weighted by molar-refractivity contribution is 0.791. The van der Waals surface area contributed by atoms with Crippen molar-refractivity contribution in [3.8, 4) is 0 Å². The second kappa shape index (κ2) is 4.10. The van der Waals surface area contributed by atoms with Crippen LogP contribution in [0.3, 0.4) is 0 Å². The summed E-state index contributed by atoms with van der Waals surface area (Å²) in [6.45, 7) is 13.8. The van der Waals surface area contributed by atoms with Crippen LogP contribution in [0.2, 0.25) is 0 Å². The third-order valence-corrected chi connectivity index (χ3v) is 1.32. The first-order valence-electron chi connectivity index (χ1n) is 3.57. The molecule has 0 radical (unpaired) electrons. The molecule has 0 heteroatoms. The Balaban J connectivity index is 4.33. The monoisotopic (exact) mass is 136 g/mol. The molecule has 56 valence electrons. The fourth-order valence-electron chi connectivity index (χ4n) is 0.746. The van der Waals surface area contributed by atoms with Gasteiger partial charge < -0.3 is 0 Å². The Hall–Kier alpha value is -0.780. The molecule has 0 N–H and O–H groups in total. The van der Waals surface area contributed by atoms with Gasteiger partial charge in [0.05, 0.1) is 0 Å². The molecule has 0 nitrogen and oxygen atoms in total. The van der Waals surface area contributed by atoms with E-state index in [0.717, 1.165) is 5.57 Å². The van der Waals surface area contributed by atoms with Crippen molar-refractivity contribution in [2.24, 2.45) is 5.92 Å². The molecular formula is C10H16. The van der Waals surface area contributed by atoms with E-state index in [1.165, 1.54) is 5.57 Å².